The molecule has 0 fully saturated rings. The minimum absolute atomic E-state index is 0.193. The maximum absolute atomic E-state index is 12.2. The molecule has 116 valence electrons. The van der Waals surface area contributed by atoms with Crippen LogP contribution in [0, 0.1) is 6.92 Å². The third kappa shape index (κ3) is 4.88. The minimum atomic E-state index is -0.193. The molecule has 0 saturated heterocycles. The van der Waals surface area contributed by atoms with Gasteiger partial charge >= 0.3 is 0 Å². The van der Waals surface area contributed by atoms with E-state index in [0.29, 0.717) is 5.69 Å². The Labute approximate surface area is 132 Å². The average molecular weight is 297 g/mol. The molecule has 2 N–H and O–H groups in total. The number of hydrogen-bond donors (Lipinski definition) is 2. The zero-order valence-electron chi connectivity index (χ0n) is 13.2. The summed E-state index contributed by atoms with van der Waals surface area (Å²) in [5.41, 5.74) is 3.29. The van der Waals surface area contributed by atoms with E-state index >= 15 is 0 Å². The Morgan fingerprint density at radius 1 is 1.09 bits per heavy atom. The summed E-state index contributed by atoms with van der Waals surface area (Å²) in [5.74, 6) is -0.193. The molecule has 0 aliphatic heterocycles. The highest BCUT2D eigenvalue weighted by atomic mass is 16.1. The molecule has 4 nitrogen and oxygen atoms in total. The van der Waals surface area contributed by atoms with Crippen LogP contribution in [0.2, 0.25) is 0 Å². The fourth-order valence-corrected chi connectivity index (χ4v) is 2.10. The number of amides is 1. The predicted octanol–water partition coefficient (Wildman–Crippen LogP) is 4.24. The van der Waals surface area contributed by atoms with E-state index in [4.69, 9.17) is 0 Å². The van der Waals surface area contributed by atoms with Gasteiger partial charge < -0.3 is 10.6 Å². The van der Waals surface area contributed by atoms with Crippen LogP contribution in [-0.4, -0.2) is 17.4 Å². The molecule has 1 heterocycles. The first kappa shape index (κ1) is 16.0. The number of nitrogens with one attached hydrogen (secondary N) is 2. The van der Waals surface area contributed by atoms with Crippen LogP contribution < -0.4 is 10.6 Å². The lowest BCUT2D eigenvalue weighted by atomic mass is 10.2. The van der Waals surface area contributed by atoms with Gasteiger partial charge in [0.15, 0.2) is 0 Å². The van der Waals surface area contributed by atoms with E-state index in [9.17, 15) is 4.79 Å². The van der Waals surface area contributed by atoms with Gasteiger partial charge in [-0.1, -0.05) is 37.5 Å². The summed E-state index contributed by atoms with van der Waals surface area (Å²) < 4.78 is 0. The highest BCUT2D eigenvalue weighted by Crippen LogP contribution is 2.12. The van der Waals surface area contributed by atoms with E-state index in [1.165, 1.54) is 12.8 Å². The molecule has 0 unspecified atom stereocenters. The molecular formula is C18H23N3O. The van der Waals surface area contributed by atoms with E-state index in [1.807, 2.05) is 37.3 Å². The number of unbranched alkanes of at least 4 members (excludes halogenated alkanes) is 2. The van der Waals surface area contributed by atoms with Gasteiger partial charge in [-0.2, -0.15) is 0 Å². The number of benzene rings is 1. The molecule has 0 aliphatic rings. The third-order valence-corrected chi connectivity index (χ3v) is 3.41. The van der Waals surface area contributed by atoms with E-state index in [0.717, 1.165) is 29.9 Å². The van der Waals surface area contributed by atoms with Gasteiger partial charge in [-0.25, -0.2) is 0 Å². The van der Waals surface area contributed by atoms with Crippen LogP contribution in [0.1, 0.15) is 42.2 Å². The van der Waals surface area contributed by atoms with E-state index < -0.39 is 0 Å². The number of nitrogens with zero attached hydrogens (tertiary/aromatic N) is 1. The molecule has 2 aromatic rings. The summed E-state index contributed by atoms with van der Waals surface area (Å²) >= 11 is 0. The Morgan fingerprint density at radius 2 is 1.86 bits per heavy atom. The molecule has 0 spiro atoms. The molecule has 0 radical (unpaired) electrons. The Hall–Kier alpha value is -2.36. The monoisotopic (exact) mass is 297 g/mol. The maximum atomic E-state index is 12.2. The molecule has 0 bridgehead atoms. The van der Waals surface area contributed by atoms with Crippen LogP contribution in [-0.2, 0) is 0 Å². The molecule has 1 amide bonds. The van der Waals surface area contributed by atoms with Crippen molar-refractivity contribution in [2.24, 2.45) is 0 Å². The number of aryl methyl sites for hydroxylation is 1. The van der Waals surface area contributed by atoms with Crippen LogP contribution >= 0.6 is 0 Å². The number of aromatic nitrogens is 1. The summed E-state index contributed by atoms with van der Waals surface area (Å²) in [6.45, 7) is 5.11. The van der Waals surface area contributed by atoms with Gasteiger partial charge in [-0.3, -0.25) is 9.78 Å². The normalized spacial score (nSPS) is 10.3. The van der Waals surface area contributed by atoms with Crippen molar-refractivity contribution in [1.29, 1.82) is 0 Å². The van der Waals surface area contributed by atoms with Gasteiger partial charge in [-0.15, -0.1) is 0 Å². The predicted molar refractivity (Wildman–Crippen MR) is 91.4 cm³/mol. The number of hydrogen-bond acceptors (Lipinski definition) is 3. The summed E-state index contributed by atoms with van der Waals surface area (Å²) in [7, 11) is 0. The van der Waals surface area contributed by atoms with Crippen molar-refractivity contribution in [2.45, 2.75) is 33.1 Å². The van der Waals surface area contributed by atoms with Crippen molar-refractivity contribution >= 4 is 17.3 Å². The number of pyridine rings is 1. The van der Waals surface area contributed by atoms with Gasteiger partial charge in [-0.05, 0) is 37.6 Å². The van der Waals surface area contributed by atoms with E-state index in [-0.39, 0.29) is 5.91 Å². The first-order valence-corrected chi connectivity index (χ1v) is 7.77. The zero-order valence-corrected chi connectivity index (χ0v) is 13.2. The maximum Gasteiger partial charge on any atom is 0.274 e. The lowest BCUT2D eigenvalue weighted by Gasteiger charge is -2.08. The molecule has 2 rings (SSSR count). The van der Waals surface area contributed by atoms with Gasteiger partial charge in [0, 0.05) is 24.1 Å². The number of rotatable bonds is 7. The number of carbonyl (C=O) groups is 1. The van der Waals surface area contributed by atoms with Crippen molar-refractivity contribution < 1.29 is 4.79 Å². The SMILES string of the molecule is CCCCCNc1ccnc(C(=O)Nc2ccc(C)cc2)c1. The third-order valence-electron chi connectivity index (χ3n) is 3.41. The smallest absolute Gasteiger partial charge is 0.274 e. The first-order chi connectivity index (χ1) is 10.7. The fourth-order valence-electron chi connectivity index (χ4n) is 2.10. The van der Waals surface area contributed by atoms with E-state index in [1.54, 1.807) is 12.3 Å². The van der Waals surface area contributed by atoms with E-state index in [2.05, 4.69) is 22.5 Å². The van der Waals surface area contributed by atoms with Crippen molar-refractivity contribution in [3.8, 4) is 0 Å². The summed E-state index contributed by atoms with van der Waals surface area (Å²) in [5, 5.41) is 6.19. The second kappa shape index (κ2) is 8.17. The van der Waals surface area contributed by atoms with Crippen LogP contribution in [0.25, 0.3) is 0 Å². The van der Waals surface area contributed by atoms with Crippen LogP contribution in [0.4, 0.5) is 11.4 Å². The van der Waals surface area contributed by atoms with Crippen molar-refractivity contribution in [3.05, 3.63) is 53.9 Å². The topological polar surface area (TPSA) is 54.0 Å². The van der Waals surface area contributed by atoms with Crippen molar-refractivity contribution in [2.75, 3.05) is 17.2 Å². The standard InChI is InChI=1S/C18H23N3O/c1-3-4-5-11-19-16-10-12-20-17(13-16)18(22)21-15-8-6-14(2)7-9-15/h6-10,12-13H,3-5,11H2,1-2H3,(H,19,20)(H,21,22). The molecule has 22 heavy (non-hydrogen) atoms. The van der Waals surface area contributed by atoms with Crippen LogP contribution in [0.15, 0.2) is 42.6 Å². The van der Waals surface area contributed by atoms with Crippen LogP contribution in [0.3, 0.4) is 0 Å². The highest BCUT2D eigenvalue weighted by Gasteiger charge is 2.08. The molecule has 1 aromatic heterocycles. The largest absolute Gasteiger partial charge is 0.385 e. The summed E-state index contributed by atoms with van der Waals surface area (Å²) in [6.07, 6.45) is 5.19. The zero-order chi connectivity index (χ0) is 15.8. The fraction of sp³-hybridized carbons (Fsp3) is 0.333. The second-order valence-corrected chi connectivity index (χ2v) is 5.38. The number of carbonyl (C=O) groups excluding carboxylic acids is 1. The van der Waals surface area contributed by atoms with Gasteiger partial charge in [0.1, 0.15) is 5.69 Å². The van der Waals surface area contributed by atoms with Crippen LogP contribution in [0.5, 0.6) is 0 Å². The Morgan fingerprint density at radius 3 is 2.59 bits per heavy atom. The quantitative estimate of drug-likeness (QED) is 0.751. The summed E-state index contributed by atoms with van der Waals surface area (Å²) in [6, 6.07) is 11.4. The molecule has 1 aromatic carbocycles. The van der Waals surface area contributed by atoms with Crippen molar-refractivity contribution in [3.63, 3.8) is 0 Å². The molecular weight excluding hydrogens is 274 g/mol. The molecule has 0 atom stereocenters. The Balaban J connectivity index is 1.96. The van der Waals surface area contributed by atoms with Crippen molar-refractivity contribution in [1.82, 2.24) is 4.98 Å². The van der Waals surface area contributed by atoms with Gasteiger partial charge in [0.25, 0.3) is 5.91 Å². The summed E-state index contributed by atoms with van der Waals surface area (Å²) in [4.78, 5) is 16.4. The lowest BCUT2D eigenvalue weighted by molar-refractivity contribution is 0.102. The Kier molecular flexibility index (Phi) is 5.95. The average Bonchev–Trinajstić information content (AvgIpc) is 2.54. The molecule has 0 aliphatic carbocycles. The molecule has 0 saturated carbocycles. The molecule has 4 heteroatoms. The Bertz CT molecular complexity index is 608. The van der Waals surface area contributed by atoms with Gasteiger partial charge in [0.05, 0.1) is 0 Å². The lowest BCUT2D eigenvalue weighted by Crippen LogP contribution is -2.14. The minimum Gasteiger partial charge on any atom is -0.385 e. The van der Waals surface area contributed by atoms with Gasteiger partial charge in [0.2, 0.25) is 0 Å². The number of anilines is 2. The highest BCUT2D eigenvalue weighted by molar-refractivity contribution is 6.03. The second-order valence-electron chi connectivity index (χ2n) is 5.38. The first-order valence-electron chi connectivity index (χ1n) is 7.77.